The molecule has 0 saturated carbocycles. The number of piperidine rings is 1. The number of nitrogens with zero attached hydrogens (tertiary/aromatic N) is 2. The van der Waals surface area contributed by atoms with Crippen molar-refractivity contribution in [3.05, 3.63) is 64.5 Å². The lowest BCUT2D eigenvalue weighted by atomic mass is 9.64. The first kappa shape index (κ1) is 20.3. The number of rotatable bonds is 3. The molecule has 1 aliphatic carbocycles. The minimum Gasteiger partial charge on any atom is -0.301 e. The molecule has 154 valence electrons. The molecule has 0 spiro atoms. The van der Waals surface area contributed by atoms with Crippen LogP contribution in [0, 0.1) is 18.8 Å². The molecule has 0 bridgehead atoms. The SMILES string of the molecule is Cc1ccc2c(c1)C(C(C)C)=Cc1cccnc1[C@@]2(C)C1CCN(C(C)C)CC1. The Balaban J connectivity index is 1.90. The van der Waals surface area contributed by atoms with Gasteiger partial charge in [-0.05, 0) is 99.9 Å². The highest BCUT2D eigenvalue weighted by Crippen LogP contribution is 2.50. The molecule has 0 amide bonds. The Kier molecular flexibility index (Phi) is 5.42. The average molecular weight is 389 g/mol. The molecule has 1 aromatic heterocycles. The second kappa shape index (κ2) is 7.72. The quantitative estimate of drug-likeness (QED) is 0.611. The van der Waals surface area contributed by atoms with Gasteiger partial charge >= 0.3 is 0 Å². The fourth-order valence-corrected chi connectivity index (χ4v) is 5.57. The molecule has 1 atom stereocenters. The van der Waals surface area contributed by atoms with Crippen LogP contribution in [0.5, 0.6) is 0 Å². The van der Waals surface area contributed by atoms with Gasteiger partial charge in [0, 0.05) is 17.7 Å². The van der Waals surface area contributed by atoms with Crippen LogP contribution in [0.3, 0.4) is 0 Å². The largest absolute Gasteiger partial charge is 0.301 e. The van der Waals surface area contributed by atoms with E-state index in [1.54, 1.807) is 0 Å². The van der Waals surface area contributed by atoms with Gasteiger partial charge in [0.1, 0.15) is 0 Å². The second-order valence-corrected chi connectivity index (χ2v) is 9.85. The van der Waals surface area contributed by atoms with Crippen molar-refractivity contribution in [2.24, 2.45) is 11.8 Å². The molecular formula is C27H36N2. The van der Waals surface area contributed by atoms with Crippen molar-refractivity contribution < 1.29 is 0 Å². The lowest BCUT2D eigenvalue weighted by molar-refractivity contribution is 0.121. The number of allylic oxidation sites excluding steroid dienone is 1. The highest BCUT2D eigenvalue weighted by Gasteiger charge is 2.44. The second-order valence-electron chi connectivity index (χ2n) is 9.85. The van der Waals surface area contributed by atoms with Crippen molar-refractivity contribution in [1.29, 1.82) is 0 Å². The molecule has 2 nitrogen and oxygen atoms in total. The number of likely N-dealkylation sites (tertiary alicyclic amines) is 1. The highest BCUT2D eigenvalue weighted by atomic mass is 15.1. The van der Waals surface area contributed by atoms with Crippen molar-refractivity contribution in [3.63, 3.8) is 0 Å². The van der Waals surface area contributed by atoms with E-state index in [-0.39, 0.29) is 5.41 Å². The van der Waals surface area contributed by atoms with Crippen LogP contribution in [-0.4, -0.2) is 29.0 Å². The Morgan fingerprint density at radius 2 is 1.79 bits per heavy atom. The van der Waals surface area contributed by atoms with Gasteiger partial charge in [-0.25, -0.2) is 0 Å². The maximum Gasteiger partial charge on any atom is 0.0581 e. The predicted octanol–water partition coefficient (Wildman–Crippen LogP) is 6.33. The van der Waals surface area contributed by atoms with E-state index in [1.807, 2.05) is 6.20 Å². The molecule has 4 rings (SSSR count). The Labute approximate surface area is 177 Å². The Hall–Kier alpha value is -1.93. The third kappa shape index (κ3) is 3.46. The Bertz CT molecular complexity index is 916. The van der Waals surface area contributed by atoms with Crippen LogP contribution in [0.1, 0.15) is 75.4 Å². The third-order valence-corrected chi connectivity index (χ3v) is 7.39. The fourth-order valence-electron chi connectivity index (χ4n) is 5.57. The molecule has 2 aromatic rings. The van der Waals surface area contributed by atoms with E-state index in [0.717, 1.165) is 0 Å². The van der Waals surface area contributed by atoms with Crippen LogP contribution in [0.2, 0.25) is 0 Å². The van der Waals surface area contributed by atoms with Crippen LogP contribution < -0.4 is 0 Å². The molecule has 29 heavy (non-hydrogen) atoms. The first-order valence-corrected chi connectivity index (χ1v) is 11.3. The summed E-state index contributed by atoms with van der Waals surface area (Å²) >= 11 is 0. The summed E-state index contributed by atoms with van der Waals surface area (Å²) in [6, 6.07) is 12.1. The zero-order chi connectivity index (χ0) is 20.8. The molecule has 0 unspecified atom stereocenters. The molecule has 1 saturated heterocycles. The predicted molar refractivity (Wildman–Crippen MR) is 124 cm³/mol. The van der Waals surface area contributed by atoms with Gasteiger partial charge in [-0.3, -0.25) is 4.98 Å². The van der Waals surface area contributed by atoms with Gasteiger partial charge in [-0.2, -0.15) is 0 Å². The van der Waals surface area contributed by atoms with Gasteiger partial charge in [-0.15, -0.1) is 0 Å². The van der Waals surface area contributed by atoms with Crippen molar-refractivity contribution in [3.8, 4) is 0 Å². The van der Waals surface area contributed by atoms with E-state index in [0.29, 0.717) is 17.9 Å². The van der Waals surface area contributed by atoms with Crippen LogP contribution in [0.25, 0.3) is 11.6 Å². The maximum atomic E-state index is 5.02. The van der Waals surface area contributed by atoms with Crippen LogP contribution in [-0.2, 0) is 5.41 Å². The lowest BCUT2D eigenvalue weighted by Gasteiger charge is -2.44. The third-order valence-electron chi connectivity index (χ3n) is 7.39. The van der Waals surface area contributed by atoms with E-state index in [2.05, 4.69) is 82.9 Å². The monoisotopic (exact) mass is 388 g/mol. The van der Waals surface area contributed by atoms with Crippen molar-refractivity contribution in [1.82, 2.24) is 9.88 Å². The maximum absolute atomic E-state index is 5.02. The topological polar surface area (TPSA) is 16.1 Å². The number of benzene rings is 1. The number of aromatic nitrogens is 1. The molecule has 2 heterocycles. The van der Waals surface area contributed by atoms with E-state index >= 15 is 0 Å². The summed E-state index contributed by atoms with van der Waals surface area (Å²) in [6.45, 7) is 16.3. The van der Waals surface area contributed by atoms with Crippen molar-refractivity contribution >= 4 is 11.6 Å². The molecule has 1 aliphatic heterocycles. The van der Waals surface area contributed by atoms with Crippen LogP contribution in [0.4, 0.5) is 0 Å². The minimum atomic E-state index is -0.0597. The van der Waals surface area contributed by atoms with Gasteiger partial charge in [0.15, 0.2) is 0 Å². The number of pyridine rings is 1. The fraction of sp³-hybridized carbons (Fsp3) is 0.519. The molecular weight excluding hydrogens is 352 g/mol. The van der Waals surface area contributed by atoms with E-state index in [4.69, 9.17) is 4.98 Å². The summed E-state index contributed by atoms with van der Waals surface area (Å²) in [7, 11) is 0. The summed E-state index contributed by atoms with van der Waals surface area (Å²) in [5.41, 5.74) is 8.21. The summed E-state index contributed by atoms with van der Waals surface area (Å²) < 4.78 is 0. The van der Waals surface area contributed by atoms with Gasteiger partial charge in [0.2, 0.25) is 0 Å². The van der Waals surface area contributed by atoms with Crippen LogP contribution in [0.15, 0.2) is 36.5 Å². The zero-order valence-corrected chi connectivity index (χ0v) is 19.0. The normalized spacial score (nSPS) is 23.0. The van der Waals surface area contributed by atoms with E-state index < -0.39 is 0 Å². The minimum absolute atomic E-state index is 0.0597. The number of hydrogen-bond acceptors (Lipinski definition) is 2. The molecule has 1 fully saturated rings. The van der Waals surface area contributed by atoms with Gasteiger partial charge < -0.3 is 4.90 Å². The molecule has 0 radical (unpaired) electrons. The first-order chi connectivity index (χ1) is 13.8. The Morgan fingerprint density at radius 3 is 2.45 bits per heavy atom. The van der Waals surface area contributed by atoms with Gasteiger partial charge in [0.25, 0.3) is 0 Å². The van der Waals surface area contributed by atoms with Gasteiger partial charge in [0.05, 0.1) is 5.69 Å². The van der Waals surface area contributed by atoms with E-state index in [9.17, 15) is 0 Å². The Morgan fingerprint density at radius 1 is 1.07 bits per heavy atom. The van der Waals surface area contributed by atoms with Crippen molar-refractivity contribution in [2.75, 3.05) is 13.1 Å². The summed E-state index contributed by atoms with van der Waals surface area (Å²) in [4.78, 5) is 7.65. The van der Waals surface area contributed by atoms with Gasteiger partial charge in [-0.1, -0.05) is 43.7 Å². The molecule has 2 aliphatic rings. The summed E-state index contributed by atoms with van der Waals surface area (Å²) in [5, 5.41) is 0. The number of aryl methyl sites for hydroxylation is 1. The number of hydrogen-bond donors (Lipinski definition) is 0. The van der Waals surface area contributed by atoms with Crippen LogP contribution >= 0.6 is 0 Å². The van der Waals surface area contributed by atoms with Crippen molar-refractivity contribution in [2.45, 2.75) is 65.8 Å². The highest BCUT2D eigenvalue weighted by molar-refractivity contribution is 5.87. The summed E-state index contributed by atoms with van der Waals surface area (Å²) in [5.74, 6) is 1.08. The average Bonchev–Trinajstić information content (AvgIpc) is 2.82. The molecule has 1 aromatic carbocycles. The number of fused-ring (bicyclic) bond motifs is 2. The smallest absolute Gasteiger partial charge is 0.0581 e. The summed E-state index contributed by atoms with van der Waals surface area (Å²) in [6.07, 6.45) is 6.87. The zero-order valence-electron chi connectivity index (χ0n) is 19.0. The standard InChI is InChI=1S/C27H36N2/c1-18(2)23-17-21-8-7-13-28-26(21)27(6,25-10-9-20(5)16-24(23)25)22-11-14-29(15-12-22)19(3)4/h7-10,13,16-19,22H,11-12,14-15H2,1-6H3/t27-/m0/s1. The lowest BCUT2D eigenvalue weighted by Crippen LogP contribution is -2.45. The molecule has 2 heteroatoms. The molecule has 0 N–H and O–H groups in total. The van der Waals surface area contributed by atoms with E-state index in [1.165, 1.54) is 59.5 Å². The first-order valence-electron chi connectivity index (χ1n) is 11.3.